The van der Waals surface area contributed by atoms with Gasteiger partial charge in [-0.25, -0.2) is 4.98 Å². The fraction of sp³-hybridized carbons (Fsp3) is 0.200. The molecule has 7 heteroatoms. The van der Waals surface area contributed by atoms with E-state index in [2.05, 4.69) is 10.3 Å². The second-order valence-electron chi connectivity index (χ2n) is 4.35. The van der Waals surface area contributed by atoms with Gasteiger partial charge in [0.05, 0.1) is 24.9 Å². The molecule has 1 aromatic heterocycles. The summed E-state index contributed by atoms with van der Waals surface area (Å²) in [6.45, 7) is 1.87. The summed E-state index contributed by atoms with van der Waals surface area (Å²) in [5.41, 5.74) is 1.60. The molecule has 1 aromatic carbocycles. The molecular formula is C15H15ClN2O3S. The molecule has 0 spiro atoms. The smallest absolute Gasteiger partial charge is 0.250 e. The van der Waals surface area contributed by atoms with E-state index in [9.17, 15) is 4.79 Å². The highest BCUT2D eigenvalue weighted by Gasteiger charge is 2.10. The summed E-state index contributed by atoms with van der Waals surface area (Å²) < 4.78 is 10.4. The largest absolute Gasteiger partial charge is 0.493 e. The van der Waals surface area contributed by atoms with E-state index in [1.54, 1.807) is 18.2 Å². The predicted molar refractivity (Wildman–Crippen MR) is 89.1 cm³/mol. The van der Waals surface area contributed by atoms with Crippen molar-refractivity contribution in [2.45, 2.75) is 6.92 Å². The van der Waals surface area contributed by atoms with Crippen molar-refractivity contribution in [3.8, 4) is 11.5 Å². The number of benzene rings is 1. The molecule has 22 heavy (non-hydrogen) atoms. The molecule has 0 saturated carbocycles. The Hall–Kier alpha value is -2.05. The van der Waals surface area contributed by atoms with E-state index in [0.717, 1.165) is 11.3 Å². The van der Waals surface area contributed by atoms with Gasteiger partial charge in [-0.3, -0.25) is 10.1 Å². The zero-order valence-corrected chi connectivity index (χ0v) is 13.9. The number of hydrogen-bond donors (Lipinski definition) is 1. The molecule has 1 amide bonds. The SMILES string of the molecule is COc1cc(/C=C/C(=O)Nc2nc(C)cs2)cc(Cl)c1OC. The number of carbonyl (C=O) groups excluding carboxylic acids is 1. The van der Waals surface area contributed by atoms with Gasteiger partial charge in [0.25, 0.3) is 0 Å². The number of nitrogens with zero attached hydrogens (tertiary/aromatic N) is 1. The van der Waals surface area contributed by atoms with Crippen molar-refractivity contribution in [1.82, 2.24) is 4.98 Å². The summed E-state index contributed by atoms with van der Waals surface area (Å²) in [6, 6.07) is 3.43. The van der Waals surface area contributed by atoms with Gasteiger partial charge >= 0.3 is 0 Å². The summed E-state index contributed by atoms with van der Waals surface area (Å²) in [4.78, 5) is 16.0. The van der Waals surface area contributed by atoms with E-state index in [1.165, 1.54) is 31.6 Å². The Morgan fingerprint density at radius 3 is 2.73 bits per heavy atom. The van der Waals surface area contributed by atoms with Crippen LogP contribution in [-0.2, 0) is 4.79 Å². The minimum absolute atomic E-state index is 0.264. The van der Waals surface area contributed by atoms with E-state index in [4.69, 9.17) is 21.1 Å². The van der Waals surface area contributed by atoms with Crippen LogP contribution in [0, 0.1) is 6.92 Å². The minimum atomic E-state index is -0.264. The van der Waals surface area contributed by atoms with Gasteiger partial charge in [-0.05, 0) is 30.7 Å². The van der Waals surface area contributed by atoms with Crippen molar-refractivity contribution >= 4 is 40.1 Å². The number of carbonyl (C=O) groups is 1. The van der Waals surface area contributed by atoms with Crippen LogP contribution in [0.2, 0.25) is 5.02 Å². The molecule has 0 atom stereocenters. The second-order valence-corrected chi connectivity index (χ2v) is 5.62. The van der Waals surface area contributed by atoms with Gasteiger partial charge < -0.3 is 9.47 Å². The predicted octanol–water partition coefficient (Wildman–Crippen LogP) is 3.77. The van der Waals surface area contributed by atoms with Gasteiger partial charge in [0.2, 0.25) is 5.91 Å². The van der Waals surface area contributed by atoms with E-state index in [0.29, 0.717) is 21.7 Å². The number of aryl methyl sites for hydroxylation is 1. The molecule has 0 unspecified atom stereocenters. The Morgan fingerprint density at radius 1 is 1.36 bits per heavy atom. The zero-order chi connectivity index (χ0) is 16.1. The molecule has 0 aliphatic rings. The average Bonchev–Trinajstić information content (AvgIpc) is 2.89. The maximum absolute atomic E-state index is 11.8. The van der Waals surface area contributed by atoms with E-state index < -0.39 is 0 Å². The average molecular weight is 339 g/mol. The minimum Gasteiger partial charge on any atom is -0.493 e. The summed E-state index contributed by atoms with van der Waals surface area (Å²) in [5, 5.41) is 5.54. The number of halogens is 1. The molecule has 0 aliphatic heterocycles. The third-order valence-corrected chi connectivity index (χ3v) is 3.89. The van der Waals surface area contributed by atoms with Crippen LogP contribution < -0.4 is 14.8 Å². The molecule has 116 valence electrons. The topological polar surface area (TPSA) is 60.5 Å². The van der Waals surface area contributed by atoms with Gasteiger partial charge in [-0.15, -0.1) is 11.3 Å². The quantitative estimate of drug-likeness (QED) is 0.843. The molecule has 0 bridgehead atoms. The van der Waals surface area contributed by atoms with Crippen molar-refractivity contribution in [2.75, 3.05) is 19.5 Å². The number of methoxy groups -OCH3 is 2. The third kappa shape index (κ3) is 3.99. The molecule has 5 nitrogen and oxygen atoms in total. The zero-order valence-electron chi connectivity index (χ0n) is 12.3. The standard InChI is InChI=1S/C15H15ClN2O3S/c1-9-8-22-15(17-9)18-13(19)5-4-10-6-11(16)14(21-3)12(7-10)20-2/h4-8H,1-3H3,(H,17,18,19)/b5-4+. The first-order chi connectivity index (χ1) is 10.5. The maximum Gasteiger partial charge on any atom is 0.250 e. The summed E-state index contributed by atoms with van der Waals surface area (Å²) in [5.74, 6) is 0.704. The van der Waals surface area contributed by atoms with Crippen molar-refractivity contribution in [2.24, 2.45) is 0 Å². The van der Waals surface area contributed by atoms with Crippen LogP contribution in [0.4, 0.5) is 5.13 Å². The fourth-order valence-corrected chi connectivity index (χ4v) is 2.75. The second kappa shape index (κ2) is 7.29. The number of thiazole rings is 1. The summed E-state index contributed by atoms with van der Waals surface area (Å²) in [7, 11) is 3.04. The molecule has 1 heterocycles. The number of anilines is 1. The van der Waals surface area contributed by atoms with Crippen molar-refractivity contribution < 1.29 is 14.3 Å². The van der Waals surface area contributed by atoms with E-state index in [1.807, 2.05) is 12.3 Å². The lowest BCUT2D eigenvalue weighted by Gasteiger charge is -2.10. The Balaban J connectivity index is 2.12. The maximum atomic E-state index is 11.8. The van der Waals surface area contributed by atoms with Gasteiger partial charge in [0, 0.05) is 11.5 Å². The highest BCUT2D eigenvalue weighted by Crippen LogP contribution is 2.36. The number of rotatable bonds is 5. The van der Waals surface area contributed by atoms with Crippen molar-refractivity contribution in [3.05, 3.63) is 39.9 Å². The van der Waals surface area contributed by atoms with Crippen LogP contribution in [0.15, 0.2) is 23.6 Å². The van der Waals surface area contributed by atoms with Crippen molar-refractivity contribution in [1.29, 1.82) is 0 Å². The first-order valence-corrected chi connectivity index (χ1v) is 7.62. The molecule has 0 aliphatic carbocycles. The first kappa shape index (κ1) is 16.3. The summed E-state index contributed by atoms with van der Waals surface area (Å²) in [6.07, 6.45) is 3.05. The van der Waals surface area contributed by atoms with Crippen LogP contribution in [0.3, 0.4) is 0 Å². The first-order valence-electron chi connectivity index (χ1n) is 6.36. The number of nitrogens with one attached hydrogen (secondary N) is 1. The fourth-order valence-electron chi connectivity index (χ4n) is 1.76. The van der Waals surface area contributed by atoms with Crippen LogP contribution in [0.25, 0.3) is 6.08 Å². The monoisotopic (exact) mass is 338 g/mol. The Bertz CT molecular complexity index is 713. The Kier molecular flexibility index (Phi) is 5.41. The molecule has 2 aromatic rings. The molecule has 0 fully saturated rings. The summed E-state index contributed by atoms with van der Waals surface area (Å²) >= 11 is 7.49. The van der Waals surface area contributed by atoms with Gasteiger partial charge in [-0.2, -0.15) is 0 Å². The number of amides is 1. The Morgan fingerprint density at radius 2 is 2.14 bits per heavy atom. The third-order valence-electron chi connectivity index (χ3n) is 2.73. The van der Waals surface area contributed by atoms with Crippen LogP contribution in [-0.4, -0.2) is 25.1 Å². The molecular weight excluding hydrogens is 324 g/mol. The van der Waals surface area contributed by atoms with Crippen LogP contribution >= 0.6 is 22.9 Å². The number of hydrogen-bond acceptors (Lipinski definition) is 5. The normalized spacial score (nSPS) is 10.7. The molecule has 2 rings (SSSR count). The molecule has 0 saturated heterocycles. The number of ether oxygens (including phenoxy) is 2. The molecule has 1 N–H and O–H groups in total. The lowest BCUT2D eigenvalue weighted by atomic mass is 10.2. The van der Waals surface area contributed by atoms with Gasteiger partial charge in [0.15, 0.2) is 16.6 Å². The Labute approximate surface area is 137 Å². The van der Waals surface area contributed by atoms with Crippen LogP contribution in [0.1, 0.15) is 11.3 Å². The van der Waals surface area contributed by atoms with Crippen LogP contribution in [0.5, 0.6) is 11.5 Å². The van der Waals surface area contributed by atoms with E-state index >= 15 is 0 Å². The molecule has 0 radical (unpaired) electrons. The van der Waals surface area contributed by atoms with Gasteiger partial charge in [-0.1, -0.05) is 11.6 Å². The van der Waals surface area contributed by atoms with Gasteiger partial charge in [0.1, 0.15) is 0 Å². The number of aromatic nitrogens is 1. The van der Waals surface area contributed by atoms with Crippen molar-refractivity contribution in [3.63, 3.8) is 0 Å². The lowest BCUT2D eigenvalue weighted by Crippen LogP contribution is -2.07. The lowest BCUT2D eigenvalue weighted by molar-refractivity contribution is -0.111. The van der Waals surface area contributed by atoms with E-state index in [-0.39, 0.29) is 5.91 Å². The highest BCUT2D eigenvalue weighted by atomic mass is 35.5. The highest BCUT2D eigenvalue weighted by molar-refractivity contribution is 7.13.